The molecule has 0 aliphatic heterocycles. The smallest absolute Gasteiger partial charge is 0.307 e. The number of thiazole rings is 1. The fourth-order valence-corrected chi connectivity index (χ4v) is 2.77. The van der Waals surface area contributed by atoms with Gasteiger partial charge in [-0.15, -0.1) is 0 Å². The average Bonchev–Trinajstić information content (AvgIpc) is 2.67. The fourth-order valence-electron chi connectivity index (χ4n) is 1.91. The van der Waals surface area contributed by atoms with E-state index in [4.69, 9.17) is 0 Å². The Morgan fingerprint density at radius 1 is 1.35 bits per heavy atom. The third-order valence-electron chi connectivity index (χ3n) is 3.87. The van der Waals surface area contributed by atoms with Crippen LogP contribution >= 0.6 is 11.3 Å². The molecule has 0 aliphatic carbocycles. The van der Waals surface area contributed by atoms with Crippen LogP contribution in [0.3, 0.4) is 0 Å². The van der Waals surface area contributed by atoms with Crippen molar-refractivity contribution in [1.29, 1.82) is 0 Å². The van der Waals surface area contributed by atoms with Gasteiger partial charge in [0.05, 0.1) is 5.60 Å². The Balaban J connectivity index is 2.50. The van der Waals surface area contributed by atoms with Gasteiger partial charge in [-0.1, -0.05) is 25.2 Å². The molecule has 0 saturated heterocycles. The van der Waals surface area contributed by atoms with Crippen LogP contribution in [-0.2, 0) is 11.3 Å². The number of carbonyl (C=O) groups excluding carboxylic acids is 1. The van der Waals surface area contributed by atoms with Crippen LogP contribution in [0.4, 0.5) is 0 Å². The van der Waals surface area contributed by atoms with Gasteiger partial charge in [0, 0.05) is 30.1 Å². The third kappa shape index (κ3) is 4.18. The lowest BCUT2D eigenvalue weighted by Crippen LogP contribution is -2.42. The van der Waals surface area contributed by atoms with Crippen LogP contribution in [0.1, 0.15) is 43.7 Å². The van der Waals surface area contributed by atoms with E-state index >= 15 is 0 Å². The molecule has 0 atom stereocenters. The van der Waals surface area contributed by atoms with Gasteiger partial charge in [0.25, 0.3) is 0 Å². The van der Waals surface area contributed by atoms with E-state index in [0.717, 1.165) is 10.6 Å². The lowest BCUT2D eigenvalue weighted by molar-refractivity contribution is -0.122. The summed E-state index contributed by atoms with van der Waals surface area (Å²) in [5, 5.41) is 12.8. The van der Waals surface area contributed by atoms with Gasteiger partial charge in [0.15, 0.2) is 0 Å². The molecule has 6 heteroatoms. The van der Waals surface area contributed by atoms with Gasteiger partial charge in [-0.3, -0.25) is 9.59 Å². The fraction of sp³-hybridized carbons (Fsp3) is 0.714. The first-order valence-electron chi connectivity index (χ1n) is 6.99. The van der Waals surface area contributed by atoms with Crippen molar-refractivity contribution in [2.45, 2.75) is 59.1 Å². The zero-order chi connectivity index (χ0) is 15.3. The van der Waals surface area contributed by atoms with Crippen molar-refractivity contribution in [3.8, 4) is 0 Å². The monoisotopic (exact) mass is 300 g/mol. The molecule has 5 nitrogen and oxygen atoms in total. The number of hydrogen-bond acceptors (Lipinski definition) is 4. The summed E-state index contributed by atoms with van der Waals surface area (Å²) in [6.45, 7) is 8.23. The Morgan fingerprint density at radius 3 is 2.40 bits per heavy atom. The highest BCUT2D eigenvalue weighted by molar-refractivity contribution is 7.09. The van der Waals surface area contributed by atoms with Gasteiger partial charge in [-0.2, -0.15) is 0 Å². The number of carbonyl (C=O) groups is 1. The Kier molecular flexibility index (Phi) is 5.95. The zero-order valence-electron chi connectivity index (χ0n) is 12.7. The quantitative estimate of drug-likeness (QED) is 0.803. The van der Waals surface area contributed by atoms with E-state index in [0.29, 0.717) is 19.4 Å². The maximum atomic E-state index is 11.8. The average molecular weight is 300 g/mol. The molecule has 0 aromatic carbocycles. The molecule has 1 aromatic rings. The molecule has 0 bridgehead atoms. The van der Waals surface area contributed by atoms with Gasteiger partial charge in [-0.05, 0) is 26.7 Å². The predicted octanol–water partition coefficient (Wildman–Crippen LogP) is 1.58. The van der Waals surface area contributed by atoms with Gasteiger partial charge < -0.3 is 15.0 Å². The molecule has 114 valence electrons. The summed E-state index contributed by atoms with van der Waals surface area (Å²) in [4.78, 5) is 24.4. The van der Waals surface area contributed by atoms with E-state index in [1.165, 1.54) is 11.3 Å². The van der Waals surface area contributed by atoms with Crippen molar-refractivity contribution >= 4 is 17.2 Å². The summed E-state index contributed by atoms with van der Waals surface area (Å²) in [5.41, 5.74) is 0.0907. The number of rotatable bonds is 7. The first-order valence-corrected chi connectivity index (χ1v) is 7.80. The number of hydrogen-bond donors (Lipinski definition) is 2. The highest BCUT2D eigenvalue weighted by Crippen LogP contribution is 2.13. The van der Waals surface area contributed by atoms with Crippen LogP contribution in [0.2, 0.25) is 0 Å². The van der Waals surface area contributed by atoms with E-state index in [1.807, 2.05) is 27.7 Å². The number of nitrogens with one attached hydrogen (secondary N) is 1. The van der Waals surface area contributed by atoms with Crippen molar-refractivity contribution in [2.24, 2.45) is 0 Å². The molecule has 20 heavy (non-hydrogen) atoms. The molecule has 0 spiro atoms. The van der Waals surface area contributed by atoms with Crippen LogP contribution in [-0.4, -0.2) is 27.7 Å². The highest BCUT2D eigenvalue weighted by Gasteiger charge is 2.22. The van der Waals surface area contributed by atoms with Crippen molar-refractivity contribution in [1.82, 2.24) is 9.88 Å². The molecule has 1 rings (SSSR count). The molecule has 0 unspecified atom stereocenters. The standard InChI is InChI=1S/C14H24N2O3S/c1-5-14(19,6-2)9-15-12(17)7-8-16-10(3)11(4)20-13(16)18/h19H,5-9H2,1-4H3,(H,15,17). The van der Waals surface area contributed by atoms with Crippen LogP contribution in [0.25, 0.3) is 0 Å². The molecule has 0 radical (unpaired) electrons. The van der Waals surface area contributed by atoms with E-state index in [-0.39, 0.29) is 23.7 Å². The van der Waals surface area contributed by atoms with E-state index in [2.05, 4.69) is 5.32 Å². The first-order chi connectivity index (χ1) is 9.33. The van der Waals surface area contributed by atoms with Crippen molar-refractivity contribution in [3.05, 3.63) is 20.2 Å². The third-order valence-corrected chi connectivity index (χ3v) is 4.87. The number of aliphatic hydroxyl groups is 1. The molecule has 0 aliphatic rings. The lowest BCUT2D eigenvalue weighted by Gasteiger charge is -2.25. The summed E-state index contributed by atoms with van der Waals surface area (Å²) in [5.74, 6) is -0.138. The van der Waals surface area contributed by atoms with Gasteiger partial charge in [0.2, 0.25) is 5.91 Å². The summed E-state index contributed by atoms with van der Waals surface area (Å²) >= 11 is 1.21. The minimum absolute atomic E-state index is 0.0218. The molecule has 2 N–H and O–H groups in total. The molecule has 1 amide bonds. The summed E-state index contributed by atoms with van der Waals surface area (Å²) in [6.07, 6.45) is 1.46. The molecular weight excluding hydrogens is 276 g/mol. The van der Waals surface area contributed by atoms with Gasteiger partial charge >= 0.3 is 4.87 Å². The maximum absolute atomic E-state index is 11.8. The Hall–Kier alpha value is -1.14. The molecule has 0 saturated carbocycles. The normalized spacial score (nSPS) is 11.7. The minimum Gasteiger partial charge on any atom is -0.388 e. The second-order valence-electron chi connectivity index (χ2n) is 5.12. The number of aryl methyl sites for hydroxylation is 1. The molecule has 0 fully saturated rings. The summed E-state index contributed by atoms with van der Waals surface area (Å²) in [7, 11) is 0. The Morgan fingerprint density at radius 2 is 1.95 bits per heavy atom. The van der Waals surface area contributed by atoms with E-state index in [9.17, 15) is 14.7 Å². The minimum atomic E-state index is -0.832. The Labute approximate surface area is 123 Å². The zero-order valence-corrected chi connectivity index (χ0v) is 13.5. The summed E-state index contributed by atoms with van der Waals surface area (Å²) < 4.78 is 1.63. The van der Waals surface area contributed by atoms with Crippen molar-refractivity contribution in [2.75, 3.05) is 6.54 Å². The van der Waals surface area contributed by atoms with Crippen LogP contribution in [0.15, 0.2) is 4.79 Å². The highest BCUT2D eigenvalue weighted by atomic mass is 32.1. The largest absolute Gasteiger partial charge is 0.388 e. The topological polar surface area (TPSA) is 71.3 Å². The van der Waals surface area contributed by atoms with Crippen LogP contribution in [0, 0.1) is 13.8 Å². The summed E-state index contributed by atoms with van der Waals surface area (Å²) in [6, 6.07) is 0. The van der Waals surface area contributed by atoms with Crippen molar-refractivity contribution < 1.29 is 9.90 Å². The maximum Gasteiger partial charge on any atom is 0.307 e. The Bertz CT molecular complexity index is 515. The van der Waals surface area contributed by atoms with Gasteiger partial charge in [-0.25, -0.2) is 0 Å². The molecule has 1 aromatic heterocycles. The van der Waals surface area contributed by atoms with Crippen LogP contribution < -0.4 is 10.2 Å². The number of amides is 1. The second-order valence-corrected chi connectivity index (χ2v) is 6.29. The van der Waals surface area contributed by atoms with Gasteiger partial charge in [0.1, 0.15) is 0 Å². The number of aromatic nitrogens is 1. The van der Waals surface area contributed by atoms with E-state index < -0.39 is 5.60 Å². The lowest BCUT2D eigenvalue weighted by atomic mass is 9.97. The predicted molar refractivity (Wildman–Crippen MR) is 81.2 cm³/mol. The van der Waals surface area contributed by atoms with Crippen molar-refractivity contribution in [3.63, 3.8) is 0 Å². The first kappa shape index (κ1) is 16.9. The number of nitrogens with zero attached hydrogens (tertiary/aromatic N) is 1. The van der Waals surface area contributed by atoms with Crippen LogP contribution in [0.5, 0.6) is 0 Å². The van der Waals surface area contributed by atoms with E-state index in [1.54, 1.807) is 4.57 Å². The second kappa shape index (κ2) is 7.04. The molecule has 1 heterocycles. The molecular formula is C14H24N2O3S. The SMILES string of the molecule is CCC(O)(CC)CNC(=O)CCn1c(C)c(C)sc1=O.